The summed E-state index contributed by atoms with van der Waals surface area (Å²) in [5.41, 5.74) is 6.73. The number of halogens is 1. The Morgan fingerprint density at radius 1 is 1.26 bits per heavy atom. The number of amides is 1. The van der Waals surface area contributed by atoms with Crippen molar-refractivity contribution < 1.29 is 13.4 Å². The van der Waals surface area contributed by atoms with Crippen LogP contribution in [0, 0.1) is 0 Å². The lowest BCUT2D eigenvalue weighted by atomic mass is 10.0. The number of aliphatic imine (C=N–C) groups is 1. The molecule has 0 saturated carbocycles. The highest BCUT2D eigenvalue weighted by Crippen LogP contribution is 2.44. The minimum atomic E-state index is -2.63. The van der Waals surface area contributed by atoms with E-state index in [1.165, 1.54) is 15.6 Å². The van der Waals surface area contributed by atoms with E-state index in [0.29, 0.717) is 33.0 Å². The second-order valence-electron chi connectivity index (χ2n) is 8.55. The second kappa shape index (κ2) is 8.10. The van der Waals surface area contributed by atoms with Crippen molar-refractivity contribution in [1.82, 2.24) is 14.5 Å². The molecular weight excluding hydrogens is 496 g/mol. The first-order valence-electron chi connectivity index (χ1n) is 10.6. The lowest BCUT2D eigenvalue weighted by Gasteiger charge is -2.36. The molecule has 2 aliphatic heterocycles. The van der Waals surface area contributed by atoms with Crippen LogP contribution < -0.4 is 10.6 Å². The van der Waals surface area contributed by atoms with E-state index in [-0.39, 0.29) is 17.6 Å². The van der Waals surface area contributed by atoms with E-state index in [9.17, 15) is 9.00 Å². The predicted octanol–water partition coefficient (Wildman–Crippen LogP) is 3.35. The number of rotatable bonds is 4. The Bertz CT molecular complexity index is 1410. The van der Waals surface area contributed by atoms with Crippen LogP contribution in [0.25, 0.3) is 22.2 Å². The van der Waals surface area contributed by atoms with Crippen LogP contribution >= 0.6 is 22.9 Å². The van der Waals surface area contributed by atoms with Gasteiger partial charge >= 0.3 is 0 Å². The molecule has 9 nitrogen and oxygen atoms in total. The van der Waals surface area contributed by atoms with Crippen molar-refractivity contribution in [2.24, 2.45) is 10.7 Å². The van der Waals surface area contributed by atoms with Crippen molar-refractivity contribution in [2.75, 3.05) is 24.2 Å². The molecule has 2 atom stereocenters. The smallest absolute Gasteiger partial charge is 0.258 e. The number of carbonyl (C=O) groups is 1. The van der Waals surface area contributed by atoms with E-state index < -0.39 is 15.2 Å². The highest BCUT2D eigenvalue weighted by Gasteiger charge is 2.40. The fraction of sp³-hybridized carbons (Fsp3) is 0.318. The molecule has 1 amide bonds. The summed E-state index contributed by atoms with van der Waals surface area (Å²) >= 11 is 7.90. The van der Waals surface area contributed by atoms with Gasteiger partial charge in [0.25, 0.3) is 5.89 Å². The lowest BCUT2D eigenvalue weighted by Crippen LogP contribution is -2.50. The summed E-state index contributed by atoms with van der Waals surface area (Å²) in [6, 6.07) is 9.20. The number of benzene rings is 1. The average molecular weight is 519 g/mol. The summed E-state index contributed by atoms with van der Waals surface area (Å²) in [6.07, 6.45) is 1.46. The molecule has 1 unspecified atom stereocenters. The zero-order valence-electron chi connectivity index (χ0n) is 18.7. The molecule has 0 radical (unpaired) electrons. The van der Waals surface area contributed by atoms with E-state index in [1.807, 2.05) is 31.2 Å². The van der Waals surface area contributed by atoms with Crippen LogP contribution in [0.5, 0.6) is 0 Å². The molecule has 178 valence electrons. The topological polar surface area (TPSA) is 118 Å². The summed E-state index contributed by atoms with van der Waals surface area (Å²) in [5, 5.41) is 8.82. The largest absolute Gasteiger partial charge is 0.415 e. The summed E-state index contributed by atoms with van der Waals surface area (Å²) in [4.78, 5) is 19.7. The molecule has 3 aromatic rings. The predicted molar refractivity (Wildman–Crippen MR) is 137 cm³/mol. The molecule has 0 spiro atoms. The van der Waals surface area contributed by atoms with Crippen molar-refractivity contribution in [3.8, 4) is 22.2 Å². The Balaban J connectivity index is 1.43. The van der Waals surface area contributed by atoms with E-state index in [2.05, 4.69) is 21.1 Å². The fourth-order valence-corrected chi connectivity index (χ4v) is 7.47. The number of hydrogen-bond acceptors (Lipinski definition) is 8. The van der Waals surface area contributed by atoms with Crippen LogP contribution in [0.2, 0.25) is 5.02 Å². The number of hydrogen-bond donors (Lipinski definition) is 1. The minimum absolute atomic E-state index is 0.136. The molecular formula is C22H23ClN6O3S2. The van der Waals surface area contributed by atoms with Gasteiger partial charge in [-0.05, 0) is 49.5 Å². The van der Waals surface area contributed by atoms with Gasteiger partial charge < -0.3 is 15.1 Å². The van der Waals surface area contributed by atoms with Gasteiger partial charge in [-0.15, -0.1) is 21.5 Å². The Morgan fingerprint density at radius 3 is 2.62 bits per heavy atom. The third-order valence-electron chi connectivity index (χ3n) is 6.00. The van der Waals surface area contributed by atoms with Gasteiger partial charge in [0.1, 0.15) is 5.54 Å². The van der Waals surface area contributed by atoms with Crippen LogP contribution in [-0.4, -0.2) is 55.8 Å². The third kappa shape index (κ3) is 3.87. The maximum absolute atomic E-state index is 13.0. The van der Waals surface area contributed by atoms with E-state index in [0.717, 1.165) is 24.2 Å². The molecule has 5 rings (SSSR count). The summed E-state index contributed by atoms with van der Waals surface area (Å²) in [5.74, 6) is 4.98. The number of anilines is 1. The quantitative estimate of drug-likeness (QED) is 0.529. The van der Waals surface area contributed by atoms with Gasteiger partial charge in [0.15, 0.2) is 0 Å². The Labute approximate surface area is 206 Å². The van der Waals surface area contributed by atoms with Gasteiger partial charge in [-0.25, -0.2) is 9.20 Å². The molecule has 2 aromatic heterocycles. The molecule has 2 N–H and O–H groups in total. The monoisotopic (exact) mass is 518 g/mol. The Morgan fingerprint density at radius 2 is 1.97 bits per heavy atom. The van der Waals surface area contributed by atoms with Gasteiger partial charge in [-0.3, -0.25) is 9.10 Å². The van der Waals surface area contributed by atoms with Gasteiger partial charge in [-0.1, -0.05) is 11.6 Å². The maximum atomic E-state index is 13.0. The minimum Gasteiger partial charge on any atom is -0.415 e. The molecule has 1 saturated heterocycles. The van der Waals surface area contributed by atoms with E-state index >= 15 is 0 Å². The first-order chi connectivity index (χ1) is 16.1. The number of guanidine groups is 1. The van der Waals surface area contributed by atoms with E-state index in [4.69, 9.17) is 21.8 Å². The van der Waals surface area contributed by atoms with Crippen LogP contribution in [0.3, 0.4) is 0 Å². The number of thiophene rings is 1. The van der Waals surface area contributed by atoms with E-state index in [1.54, 1.807) is 18.0 Å². The second-order valence-corrected chi connectivity index (χ2v) is 12.4. The van der Waals surface area contributed by atoms with Crippen molar-refractivity contribution >= 4 is 56.1 Å². The number of carbonyl (C=O) groups excluding carboxylic acids is 1. The van der Waals surface area contributed by atoms with Crippen LogP contribution in [0.4, 0.5) is 5.69 Å². The average Bonchev–Trinajstić information content (AvgIpc) is 3.51. The highest BCUT2D eigenvalue weighted by atomic mass is 35.5. The molecule has 12 heteroatoms. The number of aromatic nitrogens is 2. The summed E-state index contributed by atoms with van der Waals surface area (Å²) < 4.78 is 20.3. The molecule has 1 aromatic carbocycles. The maximum Gasteiger partial charge on any atom is 0.258 e. The van der Waals surface area contributed by atoms with Gasteiger partial charge in [0, 0.05) is 31.3 Å². The fourth-order valence-electron chi connectivity index (χ4n) is 4.16. The Hall–Kier alpha value is -2.89. The Kier molecular flexibility index (Phi) is 5.45. The first kappa shape index (κ1) is 22.9. The number of nitrogens with two attached hydrogens (primary N) is 1. The molecule has 2 aliphatic rings. The standard InChI is InChI=1S/C22H23ClN6O3S2/c1-22(12-34(3,31)28(2)21(24)25-22)18-15(23)11-16(33-18)20-27-26-19(32-20)13-6-8-14(9-7-13)29-10-4-5-17(29)30/h6-9,11H,3-5,10,12H2,1-2H3,(H2,24,25)/t22-,34?/m0/s1. The van der Waals surface area contributed by atoms with Crippen LogP contribution in [-0.2, 0) is 20.0 Å². The van der Waals surface area contributed by atoms with Gasteiger partial charge in [-0.2, -0.15) is 0 Å². The summed E-state index contributed by atoms with van der Waals surface area (Å²) in [6.45, 7) is 2.57. The van der Waals surface area contributed by atoms with Gasteiger partial charge in [0.05, 0.1) is 30.2 Å². The number of nitrogens with zero attached hydrogens (tertiary/aromatic N) is 5. The molecule has 34 heavy (non-hydrogen) atoms. The van der Waals surface area contributed by atoms with Crippen molar-refractivity contribution in [2.45, 2.75) is 25.3 Å². The summed E-state index contributed by atoms with van der Waals surface area (Å²) in [7, 11) is -1.02. The first-order valence-corrected chi connectivity index (χ1v) is 13.6. The van der Waals surface area contributed by atoms with Gasteiger partial charge in [0.2, 0.25) is 17.8 Å². The van der Waals surface area contributed by atoms with Crippen molar-refractivity contribution in [3.05, 3.63) is 40.2 Å². The zero-order valence-corrected chi connectivity index (χ0v) is 21.0. The molecule has 0 bridgehead atoms. The van der Waals surface area contributed by atoms with Crippen LogP contribution in [0.15, 0.2) is 39.7 Å². The van der Waals surface area contributed by atoms with Crippen molar-refractivity contribution in [1.29, 1.82) is 0 Å². The van der Waals surface area contributed by atoms with Crippen molar-refractivity contribution in [3.63, 3.8) is 0 Å². The lowest BCUT2D eigenvalue weighted by molar-refractivity contribution is -0.117. The SMILES string of the molecule is C=S1(=O)C[C@@](C)(c2sc(-c3nnc(-c4ccc(N5CCCC5=O)cc4)o3)cc2Cl)N=C(N)N1C. The third-order valence-corrected chi connectivity index (χ3v) is 9.99. The molecule has 4 heterocycles. The van der Waals surface area contributed by atoms with Crippen LogP contribution in [0.1, 0.15) is 24.6 Å². The zero-order chi connectivity index (χ0) is 24.3. The molecule has 0 aliphatic carbocycles. The molecule has 1 fully saturated rings. The normalized spacial score (nSPS) is 25.1. The highest BCUT2D eigenvalue weighted by molar-refractivity contribution is 7.98.